The van der Waals surface area contributed by atoms with Gasteiger partial charge in [0, 0.05) is 31.0 Å². The Bertz CT molecular complexity index is 1090. The van der Waals surface area contributed by atoms with Gasteiger partial charge in [-0.05, 0) is 59.7 Å². The van der Waals surface area contributed by atoms with Gasteiger partial charge in [-0.1, -0.05) is 12.1 Å². The van der Waals surface area contributed by atoms with Crippen molar-refractivity contribution in [3.63, 3.8) is 0 Å². The summed E-state index contributed by atoms with van der Waals surface area (Å²) in [6.07, 6.45) is 3.21. The molecule has 0 radical (unpaired) electrons. The Morgan fingerprint density at radius 3 is 2.03 bits per heavy atom. The fourth-order valence-electron chi connectivity index (χ4n) is 2.84. The summed E-state index contributed by atoms with van der Waals surface area (Å²) in [5.41, 5.74) is 3.31. The monoisotopic (exact) mass is 450 g/mol. The van der Waals surface area contributed by atoms with Crippen LogP contribution in [0.3, 0.4) is 0 Å². The van der Waals surface area contributed by atoms with Gasteiger partial charge >= 0.3 is 29.6 Å². The second-order valence-electron chi connectivity index (χ2n) is 6.44. The molecular weight excluding hydrogens is 429 g/mol. The van der Waals surface area contributed by atoms with Crippen LogP contribution in [0.25, 0.3) is 0 Å². The standard InChI is InChI=1S/C21H21N3O5S.Na/c1-29-19-6-8-20(9-7-19)30(27,28)24(15-17-10-12-22-13-11-17)14-16-2-4-18(5-3-16)21(25)23-26;/h2-13,26H,14-15H2,1H3,(H,23,25);/q;+1. The van der Waals surface area contributed by atoms with E-state index >= 15 is 0 Å². The van der Waals surface area contributed by atoms with Gasteiger partial charge in [-0.2, -0.15) is 4.31 Å². The predicted octanol–water partition coefficient (Wildman–Crippen LogP) is -0.396. The van der Waals surface area contributed by atoms with Crippen LogP contribution in [0.4, 0.5) is 0 Å². The van der Waals surface area contributed by atoms with Crippen molar-refractivity contribution in [2.24, 2.45) is 0 Å². The van der Waals surface area contributed by atoms with E-state index in [2.05, 4.69) is 4.98 Å². The topological polar surface area (TPSA) is 109 Å². The van der Waals surface area contributed by atoms with Crippen molar-refractivity contribution in [1.29, 1.82) is 0 Å². The molecule has 156 valence electrons. The number of methoxy groups -OCH3 is 1. The maximum absolute atomic E-state index is 13.3. The number of hydrogen-bond acceptors (Lipinski definition) is 6. The third kappa shape index (κ3) is 6.36. The molecule has 0 unspecified atom stereocenters. The number of benzene rings is 2. The van der Waals surface area contributed by atoms with E-state index in [-0.39, 0.29) is 53.1 Å². The molecule has 1 amide bonds. The van der Waals surface area contributed by atoms with E-state index in [1.165, 1.54) is 35.7 Å². The second-order valence-corrected chi connectivity index (χ2v) is 8.38. The number of nitrogens with one attached hydrogen (secondary N) is 1. The zero-order chi connectivity index (χ0) is 21.6. The van der Waals surface area contributed by atoms with Crippen molar-refractivity contribution < 1.29 is 52.7 Å². The Balaban J connectivity index is 0.00000341. The van der Waals surface area contributed by atoms with Gasteiger partial charge in [0.15, 0.2) is 0 Å². The van der Waals surface area contributed by atoms with Crippen LogP contribution in [0.5, 0.6) is 5.75 Å². The van der Waals surface area contributed by atoms with Gasteiger partial charge in [0.1, 0.15) is 5.75 Å². The molecule has 0 aliphatic rings. The van der Waals surface area contributed by atoms with Crippen molar-refractivity contribution in [3.8, 4) is 5.75 Å². The molecule has 0 saturated carbocycles. The van der Waals surface area contributed by atoms with Crippen LogP contribution in [0, 0.1) is 0 Å². The first-order chi connectivity index (χ1) is 14.4. The molecule has 2 aromatic carbocycles. The number of sulfonamides is 1. The molecule has 0 fully saturated rings. The third-order valence-corrected chi connectivity index (χ3v) is 6.29. The largest absolute Gasteiger partial charge is 1.00 e. The van der Waals surface area contributed by atoms with Gasteiger partial charge < -0.3 is 4.74 Å². The average molecular weight is 450 g/mol. The Morgan fingerprint density at radius 1 is 0.968 bits per heavy atom. The quantitative estimate of drug-likeness (QED) is 0.275. The maximum Gasteiger partial charge on any atom is 1.00 e. The number of ether oxygens (including phenoxy) is 1. The molecule has 0 spiro atoms. The molecule has 8 nitrogen and oxygen atoms in total. The van der Waals surface area contributed by atoms with Crippen LogP contribution in [-0.2, 0) is 23.1 Å². The average Bonchev–Trinajstić information content (AvgIpc) is 2.79. The second kappa shape index (κ2) is 11.4. The predicted molar refractivity (Wildman–Crippen MR) is 109 cm³/mol. The van der Waals surface area contributed by atoms with E-state index in [0.717, 1.165) is 5.56 Å². The Kier molecular flexibility index (Phi) is 9.17. The van der Waals surface area contributed by atoms with Gasteiger partial charge in [0.25, 0.3) is 5.91 Å². The van der Waals surface area contributed by atoms with Crippen molar-refractivity contribution in [3.05, 3.63) is 89.7 Å². The third-order valence-electron chi connectivity index (χ3n) is 4.48. The molecule has 0 saturated heterocycles. The molecule has 31 heavy (non-hydrogen) atoms. The molecule has 0 bridgehead atoms. The Labute approximate surface area is 203 Å². The first-order valence-corrected chi connectivity index (χ1v) is 10.4. The van der Waals surface area contributed by atoms with Crippen LogP contribution in [-0.4, -0.2) is 35.9 Å². The summed E-state index contributed by atoms with van der Waals surface area (Å²) in [4.78, 5) is 15.6. The molecule has 0 aliphatic heterocycles. The zero-order valence-electron chi connectivity index (χ0n) is 17.2. The van der Waals surface area contributed by atoms with Crippen molar-refractivity contribution in [1.82, 2.24) is 14.8 Å². The van der Waals surface area contributed by atoms with Crippen LogP contribution < -0.4 is 39.8 Å². The van der Waals surface area contributed by atoms with Gasteiger partial charge in [-0.15, -0.1) is 0 Å². The first-order valence-electron chi connectivity index (χ1n) is 9.00. The van der Waals surface area contributed by atoms with Crippen molar-refractivity contribution in [2.45, 2.75) is 18.0 Å². The zero-order valence-corrected chi connectivity index (χ0v) is 20.0. The minimum atomic E-state index is -3.82. The number of pyridine rings is 1. The minimum absolute atomic E-state index is 0. The molecule has 3 rings (SSSR count). The summed E-state index contributed by atoms with van der Waals surface area (Å²) in [6.45, 7) is 0.244. The summed E-state index contributed by atoms with van der Waals surface area (Å²) < 4.78 is 33.1. The van der Waals surface area contributed by atoms with E-state index in [0.29, 0.717) is 11.3 Å². The summed E-state index contributed by atoms with van der Waals surface area (Å²) >= 11 is 0. The van der Waals surface area contributed by atoms with E-state index in [9.17, 15) is 13.2 Å². The smallest absolute Gasteiger partial charge is 0.497 e. The normalized spacial score (nSPS) is 10.9. The molecule has 0 aliphatic carbocycles. The van der Waals surface area contributed by atoms with E-state index < -0.39 is 15.9 Å². The molecule has 2 N–H and O–H groups in total. The fraction of sp³-hybridized carbons (Fsp3) is 0.143. The molecular formula is C21H21N3NaO5S+. The summed E-state index contributed by atoms with van der Waals surface area (Å²) in [6, 6.07) is 16.0. The number of hydroxylamine groups is 1. The van der Waals surface area contributed by atoms with E-state index in [1.54, 1.807) is 54.3 Å². The number of rotatable bonds is 8. The number of carbonyl (C=O) groups is 1. The molecule has 1 aromatic heterocycles. The molecule has 3 aromatic rings. The van der Waals surface area contributed by atoms with E-state index in [1.807, 2.05) is 0 Å². The van der Waals surface area contributed by atoms with Crippen LogP contribution in [0.2, 0.25) is 0 Å². The van der Waals surface area contributed by atoms with Crippen molar-refractivity contribution in [2.75, 3.05) is 7.11 Å². The van der Waals surface area contributed by atoms with Crippen molar-refractivity contribution >= 4 is 15.9 Å². The summed E-state index contributed by atoms with van der Waals surface area (Å²) in [5.74, 6) is -0.0755. The fourth-order valence-corrected chi connectivity index (χ4v) is 4.26. The number of amides is 1. The van der Waals surface area contributed by atoms with Gasteiger partial charge in [-0.3, -0.25) is 15.0 Å². The first kappa shape index (κ1) is 25.0. The minimum Gasteiger partial charge on any atom is -0.497 e. The summed E-state index contributed by atoms with van der Waals surface area (Å²) in [7, 11) is -2.30. The molecule has 1 heterocycles. The van der Waals surface area contributed by atoms with E-state index in [4.69, 9.17) is 9.94 Å². The number of aromatic nitrogens is 1. The number of carbonyl (C=O) groups excluding carboxylic acids is 1. The number of hydrogen-bond donors (Lipinski definition) is 2. The van der Waals surface area contributed by atoms with Gasteiger partial charge in [0.2, 0.25) is 10.0 Å². The maximum atomic E-state index is 13.3. The van der Waals surface area contributed by atoms with Crippen LogP contribution in [0.15, 0.2) is 78.0 Å². The molecule has 0 atom stereocenters. The van der Waals surface area contributed by atoms with Gasteiger partial charge in [-0.25, -0.2) is 13.9 Å². The molecule has 10 heteroatoms. The van der Waals surface area contributed by atoms with Crippen LogP contribution >= 0.6 is 0 Å². The van der Waals surface area contributed by atoms with Crippen LogP contribution in [0.1, 0.15) is 21.5 Å². The Morgan fingerprint density at radius 2 is 1.52 bits per heavy atom. The SMILES string of the molecule is COc1ccc(S(=O)(=O)N(Cc2ccncc2)Cc2ccc(C(=O)NO)cc2)cc1.[Na+]. The number of nitrogens with zero attached hydrogens (tertiary/aromatic N) is 2. The summed E-state index contributed by atoms with van der Waals surface area (Å²) in [5, 5.41) is 8.74. The van der Waals surface area contributed by atoms with Gasteiger partial charge in [0.05, 0.1) is 12.0 Å². The Hall–Kier alpha value is -2.27.